The summed E-state index contributed by atoms with van der Waals surface area (Å²) in [4.78, 5) is 5.78. The third kappa shape index (κ3) is 4.97. The van der Waals surface area contributed by atoms with Crippen LogP contribution in [-0.4, -0.2) is 43.9 Å². The topological polar surface area (TPSA) is 53.5 Å². The fraction of sp³-hybridized carbons (Fsp3) is 0.250. The number of sulfonamides is 1. The number of hydrogen-bond donors (Lipinski definition) is 0. The van der Waals surface area contributed by atoms with Gasteiger partial charge in [-0.05, 0) is 30.3 Å². The first-order valence-electron chi connectivity index (χ1n) is 9.49. The summed E-state index contributed by atoms with van der Waals surface area (Å²) in [6.45, 7) is 0.633. The molecule has 1 aliphatic rings. The van der Waals surface area contributed by atoms with Crippen LogP contribution in [0.3, 0.4) is 0 Å². The first-order valence-corrected chi connectivity index (χ1v) is 12.6. The van der Waals surface area contributed by atoms with E-state index in [1.54, 1.807) is 11.4 Å². The lowest BCUT2D eigenvalue weighted by Crippen LogP contribution is -2.48. The summed E-state index contributed by atoms with van der Waals surface area (Å²) >= 11 is 13.0. The molecule has 0 aliphatic carbocycles. The number of thiazole rings is 1. The standard InChI is InChI=1S/C20H15Cl2F4N3O2S2/c21-14-3-1-12(9-16(14)23)17-11-32-19(27-17)28-5-7-29(8-6-28)33(30,31)18-10-13(20(24,25)26)2-4-15(18)22/h1-4,9-11H,5-8H2. The molecule has 0 amide bonds. The Hall–Kier alpha value is -1.92. The largest absolute Gasteiger partial charge is 0.416 e. The zero-order valence-electron chi connectivity index (χ0n) is 16.6. The number of benzene rings is 2. The van der Waals surface area contributed by atoms with E-state index in [4.69, 9.17) is 23.2 Å². The first-order chi connectivity index (χ1) is 15.5. The lowest BCUT2D eigenvalue weighted by Gasteiger charge is -2.34. The summed E-state index contributed by atoms with van der Waals surface area (Å²) in [5.41, 5.74) is 0.0224. The summed E-state index contributed by atoms with van der Waals surface area (Å²) < 4.78 is 79.9. The van der Waals surface area contributed by atoms with Gasteiger partial charge in [-0.1, -0.05) is 29.3 Å². The highest BCUT2D eigenvalue weighted by molar-refractivity contribution is 7.89. The van der Waals surface area contributed by atoms with Crippen LogP contribution in [0.5, 0.6) is 0 Å². The molecule has 2 aromatic carbocycles. The van der Waals surface area contributed by atoms with Gasteiger partial charge in [-0.2, -0.15) is 17.5 Å². The molecule has 1 aliphatic heterocycles. The Morgan fingerprint density at radius 1 is 0.970 bits per heavy atom. The van der Waals surface area contributed by atoms with Crippen molar-refractivity contribution < 1.29 is 26.0 Å². The number of anilines is 1. The van der Waals surface area contributed by atoms with Gasteiger partial charge >= 0.3 is 6.18 Å². The van der Waals surface area contributed by atoms with E-state index in [1.807, 2.05) is 4.90 Å². The van der Waals surface area contributed by atoms with Crippen molar-refractivity contribution in [2.24, 2.45) is 0 Å². The number of aromatic nitrogens is 1. The second-order valence-electron chi connectivity index (χ2n) is 7.18. The molecule has 33 heavy (non-hydrogen) atoms. The average molecular weight is 540 g/mol. The van der Waals surface area contributed by atoms with Gasteiger partial charge in [0.25, 0.3) is 0 Å². The minimum absolute atomic E-state index is 0.00686. The van der Waals surface area contributed by atoms with Crippen molar-refractivity contribution in [3.05, 3.63) is 63.2 Å². The van der Waals surface area contributed by atoms with Crippen molar-refractivity contribution in [1.29, 1.82) is 0 Å². The molecule has 0 N–H and O–H groups in total. The van der Waals surface area contributed by atoms with Crippen molar-refractivity contribution in [3.8, 4) is 11.3 Å². The molecule has 0 radical (unpaired) electrons. The van der Waals surface area contributed by atoms with Crippen LogP contribution in [-0.2, 0) is 16.2 Å². The molecule has 0 atom stereocenters. The zero-order chi connectivity index (χ0) is 24.0. The van der Waals surface area contributed by atoms with Crippen LogP contribution < -0.4 is 4.90 Å². The lowest BCUT2D eigenvalue weighted by molar-refractivity contribution is -0.137. The van der Waals surface area contributed by atoms with E-state index in [0.29, 0.717) is 22.5 Å². The molecule has 3 aromatic rings. The van der Waals surface area contributed by atoms with Crippen molar-refractivity contribution in [3.63, 3.8) is 0 Å². The van der Waals surface area contributed by atoms with E-state index in [0.717, 1.165) is 16.4 Å². The molecule has 5 nitrogen and oxygen atoms in total. The number of nitrogens with zero attached hydrogens (tertiary/aromatic N) is 3. The fourth-order valence-corrected chi connectivity index (χ4v) is 6.26. The number of alkyl halides is 3. The van der Waals surface area contributed by atoms with E-state index >= 15 is 0 Å². The van der Waals surface area contributed by atoms with Crippen molar-refractivity contribution >= 4 is 49.7 Å². The Labute approximate surface area is 201 Å². The van der Waals surface area contributed by atoms with Gasteiger partial charge in [0.05, 0.1) is 21.3 Å². The van der Waals surface area contributed by atoms with E-state index in [1.165, 1.54) is 23.5 Å². The second-order valence-corrected chi connectivity index (χ2v) is 10.7. The molecular weight excluding hydrogens is 525 g/mol. The third-order valence-electron chi connectivity index (χ3n) is 5.09. The summed E-state index contributed by atoms with van der Waals surface area (Å²) in [5.74, 6) is -0.559. The monoisotopic (exact) mass is 539 g/mol. The van der Waals surface area contributed by atoms with Crippen molar-refractivity contribution in [2.75, 3.05) is 31.1 Å². The molecule has 0 unspecified atom stereocenters. The summed E-state index contributed by atoms with van der Waals surface area (Å²) in [7, 11) is -4.22. The van der Waals surface area contributed by atoms with Crippen LogP contribution in [0, 0.1) is 5.82 Å². The second kappa shape index (κ2) is 9.03. The number of piperazine rings is 1. The number of rotatable bonds is 4. The predicted octanol–water partition coefficient (Wildman–Crippen LogP) is 5.79. The van der Waals surface area contributed by atoms with Crippen LogP contribution in [0.25, 0.3) is 11.3 Å². The maximum Gasteiger partial charge on any atom is 0.416 e. The van der Waals surface area contributed by atoms with E-state index < -0.39 is 32.5 Å². The Morgan fingerprint density at radius 2 is 1.64 bits per heavy atom. The smallest absolute Gasteiger partial charge is 0.345 e. The molecule has 4 rings (SSSR count). The van der Waals surface area contributed by atoms with E-state index in [2.05, 4.69) is 4.98 Å². The van der Waals surface area contributed by atoms with Gasteiger partial charge in [0.1, 0.15) is 10.7 Å². The molecular formula is C20H15Cl2F4N3O2S2. The Morgan fingerprint density at radius 3 is 2.27 bits per heavy atom. The lowest BCUT2D eigenvalue weighted by atomic mass is 10.2. The van der Waals surface area contributed by atoms with Gasteiger partial charge in [-0.15, -0.1) is 11.3 Å². The Bertz CT molecular complexity index is 1290. The van der Waals surface area contributed by atoms with Crippen LogP contribution in [0.2, 0.25) is 10.0 Å². The molecule has 2 heterocycles. The van der Waals surface area contributed by atoms with Crippen LogP contribution in [0.1, 0.15) is 5.56 Å². The van der Waals surface area contributed by atoms with Gasteiger partial charge < -0.3 is 4.90 Å². The van der Waals surface area contributed by atoms with E-state index in [9.17, 15) is 26.0 Å². The number of halogens is 6. The SMILES string of the molecule is O=S(=O)(c1cc(C(F)(F)F)ccc1Cl)N1CCN(c2nc(-c3ccc(Cl)c(F)c3)cs2)CC1. The normalized spacial score (nSPS) is 15.8. The fourth-order valence-electron chi connectivity index (χ4n) is 3.33. The van der Waals surface area contributed by atoms with Gasteiger partial charge in [0, 0.05) is 37.1 Å². The van der Waals surface area contributed by atoms with Crippen LogP contribution in [0.4, 0.5) is 22.7 Å². The Balaban J connectivity index is 1.49. The molecule has 1 aromatic heterocycles. The highest BCUT2D eigenvalue weighted by Crippen LogP contribution is 2.35. The summed E-state index contributed by atoms with van der Waals surface area (Å²) in [6.07, 6.45) is -4.69. The molecule has 0 saturated carbocycles. The number of hydrogen-bond acceptors (Lipinski definition) is 5. The molecule has 176 valence electrons. The minimum Gasteiger partial charge on any atom is -0.345 e. The molecule has 0 bridgehead atoms. The molecule has 1 saturated heterocycles. The van der Waals surface area contributed by atoms with Crippen LogP contribution in [0.15, 0.2) is 46.7 Å². The third-order valence-corrected chi connectivity index (χ3v) is 8.68. The van der Waals surface area contributed by atoms with Crippen molar-refractivity contribution in [2.45, 2.75) is 11.1 Å². The van der Waals surface area contributed by atoms with Gasteiger partial charge in [-0.25, -0.2) is 17.8 Å². The van der Waals surface area contributed by atoms with Crippen molar-refractivity contribution in [1.82, 2.24) is 9.29 Å². The highest BCUT2D eigenvalue weighted by atomic mass is 35.5. The minimum atomic E-state index is -4.69. The van der Waals surface area contributed by atoms with Crippen LogP contribution >= 0.6 is 34.5 Å². The molecule has 1 fully saturated rings. The summed E-state index contributed by atoms with van der Waals surface area (Å²) in [6, 6.07) is 6.60. The maximum atomic E-state index is 13.7. The molecule has 13 heteroatoms. The first kappa shape index (κ1) is 24.2. The van der Waals surface area contributed by atoms with Gasteiger partial charge in [0.15, 0.2) is 5.13 Å². The maximum absolute atomic E-state index is 13.7. The predicted molar refractivity (Wildman–Crippen MR) is 120 cm³/mol. The Kier molecular flexibility index (Phi) is 6.62. The summed E-state index contributed by atoms with van der Waals surface area (Å²) in [5, 5.41) is 2.11. The average Bonchev–Trinajstić information content (AvgIpc) is 3.25. The zero-order valence-corrected chi connectivity index (χ0v) is 19.8. The van der Waals surface area contributed by atoms with Gasteiger partial charge in [-0.3, -0.25) is 0 Å². The molecule has 0 spiro atoms. The highest BCUT2D eigenvalue weighted by Gasteiger charge is 2.35. The van der Waals surface area contributed by atoms with Gasteiger partial charge in [0.2, 0.25) is 10.0 Å². The van der Waals surface area contributed by atoms with E-state index in [-0.39, 0.29) is 36.2 Å². The quantitative estimate of drug-likeness (QED) is 0.394.